The van der Waals surface area contributed by atoms with E-state index in [9.17, 15) is 9.59 Å². The van der Waals surface area contributed by atoms with Gasteiger partial charge in [0.1, 0.15) is 12.6 Å². The fraction of sp³-hybridized carbons (Fsp3) is 0.840. The molecule has 5 nitrogen and oxygen atoms in total. The van der Waals surface area contributed by atoms with Gasteiger partial charge >= 0.3 is 12.1 Å². The van der Waals surface area contributed by atoms with Crippen molar-refractivity contribution in [2.24, 2.45) is 5.92 Å². The summed E-state index contributed by atoms with van der Waals surface area (Å²) in [6.45, 7) is 6.59. The van der Waals surface area contributed by atoms with E-state index in [1.807, 2.05) is 13.8 Å². The smallest absolute Gasteiger partial charge is 0.410 e. The van der Waals surface area contributed by atoms with Crippen molar-refractivity contribution in [2.45, 2.75) is 110 Å². The van der Waals surface area contributed by atoms with Crippen molar-refractivity contribution in [1.29, 1.82) is 0 Å². The quantitative estimate of drug-likeness (QED) is 0.146. The van der Waals surface area contributed by atoms with E-state index in [1.54, 1.807) is 7.05 Å². The van der Waals surface area contributed by atoms with E-state index < -0.39 is 12.1 Å². The molecule has 5 heteroatoms. The summed E-state index contributed by atoms with van der Waals surface area (Å²) in [4.78, 5) is 25.9. The number of likely N-dealkylation sites (N-methyl/N-ethyl adjacent to an activating group) is 1. The molecule has 0 saturated heterocycles. The number of esters is 1. The molecule has 1 atom stereocenters. The molecule has 1 unspecified atom stereocenters. The number of rotatable bonds is 18. The van der Waals surface area contributed by atoms with E-state index in [0.29, 0.717) is 13.0 Å². The number of nitrogens with zero attached hydrogens (tertiary/aromatic N) is 1. The van der Waals surface area contributed by atoms with Gasteiger partial charge in [-0.1, -0.05) is 91.4 Å². The molecule has 0 aromatic carbocycles. The van der Waals surface area contributed by atoms with Crippen LogP contribution in [0, 0.1) is 18.3 Å². The van der Waals surface area contributed by atoms with E-state index in [1.165, 1.54) is 69.1 Å². The standard InChI is InChI=1S/C25H45NO4/c1-6-8-10-11-12-13-14-15-16-17-18-19-21-29-24(27)23(22(3)4)26(5)25(28)30-20-9-7-2/h2,22-23H,6,8-21H2,1,3-5H3. The van der Waals surface area contributed by atoms with Crippen molar-refractivity contribution < 1.29 is 19.1 Å². The molecule has 0 aliphatic rings. The van der Waals surface area contributed by atoms with Crippen LogP contribution in [0.15, 0.2) is 0 Å². The highest BCUT2D eigenvalue weighted by Crippen LogP contribution is 2.14. The van der Waals surface area contributed by atoms with Crippen LogP contribution in [0.2, 0.25) is 0 Å². The van der Waals surface area contributed by atoms with Gasteiger partial charge in [-0.05, 0) is 12.3 Å². The van der Waals surface area contributed by atoms with Gasteiger partial charge in [0.25, 0.3) is 0 Å². The Morgan fingerprint density at radius 3 is 1.80 bits per heavy atom. The molecule has 174 valence electrons. The maximum absolute atomic E-state index is 12.5. The fourth-order valence-electron chi connectivity index (χ4n) is 3.49. The van der Waals surface area contributed by atoms with Gasteiger partial charge < -0.3 is 9.47 Å². The van der Waals surface area contributed by atoms with Crippen molar-refractivity contribution in [1.82, 2.24) is 4.90 Å². The van der Waals surface area contributed by atoms with Crippen LogP contribution in [0.4, 0.5) is 4.79 Å². The Bertz CT molecular complexity index is 484. The number of unbranched alkanes of at least 4 members (excludes halogenated alkanes) is 11. The highest BCUT2D eigenvalue weighted by molar-refractivity contribution is 5.81. The molecule has 1 amide bonds. The normalized spacial score (nSPS) is 11.7. The first-order chi connectivity index (χ1) is 14.5. The molecule has 0 N–H and O–H groups in total. The third-order valence-corrected chi connectivity index (χ3v) is 5.29. The lowest BCUT2D eigenvalue weighted by Gasteiger charge is -2.28. The first-order valence-corrected chi connectivity index (χ1v) is 11.9. The highest BCUT2D eigenvalue weighted by atomic mass is 16.6. The number of hydrogen-bond acceptors (Lipinski definition) is 4. The minimum atomic E-state index is -0.652. The number of carbonyl (C=O) groups is 2. The molecule has 30 heavy (non-hydrogen) atoms. The van der Waals surface area contributed by atoms with Crippen LogP contribution in [-0.2, 0) is 14.3 Å². The summed E-state index contributed by atoms with van der Waals surface area (Å²) >= 11 is 0. The van der Waals surface area contributed by atoms with Crippen molar-refractivity contribution in [2.75, 3.05) is 20.3 Å². The zero-order chi connectivity index (χ0) is 22.6. The lowest BCUT2D eigenvalue weighted by atomic mass is 10.0. The van der Waals surface area contributed by atoms with Crippen LogP contribution in [-0.4, -0.2) is 43.3 Å². The summed E-state index contributed by atoms with van der Waals surface area (Å²) in [5.41, 5.74) is 0. The molecule has 0 bridgehead atoms. The Hall–Kier alpha value is -1.70. The number of ether oxygens (including phenoxy) is 2. The lowest BCUT2D eigenvalue weighted by molar-refractivity contribution is -0.150. The third kappa shape index (κ3) is 14.3. The van der Waals surface area contributed by atoms with E-state index in [2.05, 4.69) is 12.8 Å². The summed E-state index contributed by atoms with van der Waals surface area (Å²) in [6.07, 6.45) is 20.2. The Kier molecular flexibility index (Phi) is 18.2. The summed E-state index contributed by atoms with van der Waals surface area (Å²) in [5.74, 6) is 1.98. The maximum Gasteiger partial charge on any atom is 0.410 e. The zero-order valence-electron chi connectivity index (χ0n) is 19.9. The molecule has 0 aromatic heterocycles. The van der Waals surface area contributed by atoms with Crippen LogP contribution in [0.25, 0.3) is 0 Å². The van der Waals surface area contributed by atoms with Crippen molar-refractivity contribution in [3.63, 3.8) is 0 Å². The second kappa shape index (κ2) is 19.3. The molecule has 0 heterocycles. The lowest BCUT2D eigenvalue weighted by Crippen LogP contribution is -2.46. The van der Waals surface area contributed by atoms with E-state index in [0.717, 1.165) is 12.8 Å². The molecule has 0 rings (SSSR count). The summed E-state index contributed by atoms with van der Waals surface area (Å²) in [5, 5.41) is 0. The average molecular weight is 424 g/mol. The minimum absolute atomic E-state index is 0.0651. The third-order valence-electron chi connectivity index (χ3n) is 5.29. The largest absolute Gasteiger partial charge is 0.464 e. The molecule has 0 saturated carbocycles. The fourth-order valence-corrected chi connectivity index (χ4v) is 3.49. The van der Waals surface area contributed by atoms with Crippen LogP contribution in [0.5, 0.6) is 0 Å². The number of carbonyl (C=O) groups excluding carboxylic acids is 2. The number of amides is 1. The van der Waals surface area contributed by atoms with Crippen LogP contribution < -0.4 is 0 Å². The van der Waals surface area contributed by atoms with Gasteiger partial charge in [0.15, 0.2) is 0 Å². The average Bonchev–Trinajstić information content (AvgIpc) is 2.71. The topological polar surface area (TPSA) is 55.8 Å². The first kappa shape index (κ1) is 28.3. The predicted molar refractivity (Wildman–Crippen MR) is 123 cm³/mol. The maximum atomic E-state index is 12.5. The van der Waals surface area contributed by atoms with Gasteiger partial charge in [0.05, 0.1) is 6.61 Å². The second-order valence-corrected chi connectivity index (χ2v) is 8.42. The van der Waals surface area contributed by atoms with Gasteiger partial charge in [-0.25, -0.2) is 9.59 Å². The molecular weight excluding hydrogens is 378 g/mol. The number of terminal acetylenes is 1. The SMILES string of the molecule is C#CCCOC(=O)N(C)C(C(=O)OCCCCCCCCCCCCCC)C(C)C. The molecule has 0 aliphatic heterocycles. The van der Waals surface area contributed by atoms with E-state index >= 15 is 0 Å². The van der Waals surface area contributed by atoms with Crippen molar-refractivity contribution in [3.8, 4) is 12.3 Å². The summed E-state index contributed by atoms with van der Waals surface area (Å²) in [7, 11) is 1.56. The Morgan fingerprint density at radius 1 is 0.833 bits per heavy atom. The second-order valence-electron chi connectivity index (χ2n) is 8.42. The van der Waals surface area contributed by atoms with Gasteiger partial charge in [0.2, 0.25) is 0 Å². The summed E-state index contributed by atoms with van der Waals surface area (Å²) in [6, 6.07) is -0.652. The monoisotopic (exact) mass is 423 g/mol. The van der Waals surface area contributed by atoms with Gasteiger partial charge in [-0.2, -0.15) is 0 Å². The molecular formula is C25H45NO4. The molecule has 0 fully saturated rings. The van der Waals surface area contributed by atoms with Crippen molar-refractivity contribution >= 4 is 12.1 Å². The highest BCUT2D eigenvalue weighted by Gasteiger charge is 2.32. The summed E-state index contributed by atoms with van der Waals surface area (Å²) < 4.78 is 10.5. The van der Waals surface area contributed by atoms with Gasteiger partial charge in [-0.15, -0.1) is 12.3 Å². The van der Waals surface area contributed by atoms with Crippen LogP contribution >= 0.6 is 0 Å². The van der Waals surface area contributed by atoms with Gasteiger partial charge in [0, 0.05) is 13.5 Å². The van der Waals surface area contributed by atoms with E-state index in [-0.39, 0.29) is 18.5 Å². The number of hydrogen-bond donors (Lipinski definition) is 0. The zero-order valence-corrected chi connectivity index (χ0v) is 19.9. The Balaban J connectivity index is 3.88. The van der Waals surface area contributed by atoms with E-state index in [4.69, 9.17) is 15.9 Å². The minimum Gasteiger partial charge on any atom is -0.464 e. The molecule has 0 aliphatic carbocycles. The molecule has 0 radical (unpaired) electrons. The Labute approximate surface area is 185 Å². The van der Waals surface area contributed by atoms with Crippen LogP contribution in [0.3, 0.4) is 0 Å². The van der Waals surface area contributed by atoms with Gasteiger partial charge in [-0.3, -0.25) is 4.90 Å². The van der Waals surface area contributed by atoms with Crippen LogP contribution in [0.1, 0.15) is 104 Å². The van der Waals surface area contributed by atoms with Crippen molar-refractivity contribution in [3.05, 3.63) is 0 Å². The first-order valence-electron chi connectivity index (χ1n) is 11.9. The predicted octanol–water partition coefficient (Wildman–Crippen LogP) is 6.35. The molecule has 0 spiro atoms. The Morgan fingerprint density at radius 2 is 1.33 bits per heavy atom. The molecule has 0 aromatic rings.